The molecule has 0 aliphatic rings. The van der Waals surface area contributed by atoms with Crippen LogP contribution in [0.25, 0.3) is 0 Å². The first-order chi connectivity index (χ1) is 6.04. The van der Waals surface area contributed by atoms with Gasteiger partial charge >= 0.3 is 6.18 Å². The lowest BCUT2D eigenvalue weighted by atomic mass is 10.3. The predicted octanol–water partition coefficient (Wildman–Crippen LogP) is 0.997. The van der Waals surface area contributed by atoms with Crippen LogP contribution in [0.1, 0.15) is 11.5 Å². The molecule has 3 nitrogen and oxygen atoms in total. The first-order valence-electron chi connectivity index (χ1n) is 3.63. The molecule has 0 aliphatic heterocycles. The SMILES string of the molecule is NCCc1ccnc(C(F)(F)F)n1. The van der Waals surface area contributed by atoms with Crippen molar-refractivity contribution in [2.45, 2.75) is 12.6 Å². The molecule has 0 unspecified atom stereocenters. The number of alkyl halides is 3. The van der Waals surface area contributed by atoms with E-state index in [1.54, 1.807) is 0 Å². The van der Waals surface area contributed by atoms with E-state index in [2.05, 4.69) is 9.97 Å². The molecule has 0 aromatic carbocycles. The summed E-state index contributed by atoms with van der Waals surface area (Å²) in [5.74, 6) is -1.11. The van der Waals surface area contributed by atoms with Crippen LogP contribution in [-0.2, 0) is 12.6 Å². The zero-order valence-electron chi connectivity index (χ0n) is 6.67. The number of aromatic nitrogens is 2. The van der Waals surface area contributed by atoms with Gasteiger partial charge in [-0.15, -0.1) is 0 Å². The van der Waals surface area contributed by atoms with Crippen LogP contribution in [0.4, 0.5) is 13.2 Å². The zero-order chi connectivity index (χ0) is 9.90. The summed E-state index contributed by atoms with van der Waals surface area (Å²) in [6, 6.07) is 1.42. The fourth-order valence-corrected chi connectivity index (χ4v) is 0.820. The molecule has 72 valence electrons. The second kappa shape index (κ2) is 3.69. The summed E-state index contributed by atoms with van der Waals surface area (Å²) in [5.41, 5.74) is 5.49. The highest BCUT2D eigenvalue weighted by Crippen LogP contribution is 2.25. The maximum atomic E-state index is 12.1. The van der Waals surface area contributed by atoms with Crippen molar-refractivity contribution in [3.63, 3.8) is 0 Å². The Hall–Kier alpha value is -1.17. The summed E-state index contributed by atoms with van der Waals surface area (Å²) in [4.78, 5) is 6.43. The van der Waals surface area contributed by atoms with E-state index in [0.717, 1.165) is 6.20 Å². The number of rotatable bonds is 2. The van der Waals surface area contributed by atoms with Gasteiger partial charge in [0.2, 0.25) is 5.82 Å². The maximum absolute atomic E-state index is 12.1. The summed E-state index contributed by atoms with van der Waals surface area (Å²) in [5, 5.41) is 0. The summed E-state index contributed by atoms with van der Waals surface area (Å²) in [7, 11) is 0. The highest BCUT2D eigenvalue weighted by molar-refractivity contribution is 5.04. The molecule has 0 aliphatic carbocycles. The Morgan fingerprint density at radius 3 is 2.62 bits per heavy atom. The second-order valence-electron chi connectivity index (χ2n) is 2.41. The van der Waals surface area contributed by atoms with E-state index in [0.29, 0.717) is 12.1 Å². The molecule has 0 radical (unpaired) electrons. The number of halogens is 3. The van der Waals surface area contributed by atoms with Crippen LogP contribution in [0, 0.1) is 0 Å². The highest BCUT2D eigenvalue weighted by Gasteiger charge is 2.34. The number of nitrogens with zero attached hydrogens (tertiary/aromatic N) is 2. The van der Waals surface area contributed by atoms with Gasteiger partial charge in [0.1, 0.15) is 0 Å². The van der Waals surface area contributed by atoms with Gasteiger partial charge in [-0.1, -0.05) is 0 Å². The molecule has 0 saturated carbocycles. The van der Waals surface area contributed by atoms with Crippen LogP contribution in [0.5, 0.6) is 0 Å². The largest absolute Gasteiger partial charge is 0.451 e. The van der Waals surface area contributed by atoms with Gasteiger partial charge in [0.15, 0.2) is 0 Å². The molecule has 0 bridgehead atoms. The minimum atomic E-state index is -4.48. The van der Waals surface area contributed by atoms with Gasteiger partial charge in [-0.3, -0.25) is 0 Å². The van der Waals surface area contributed by atoms with Gasteiger partial charge in [-0.25, -0.2) is 9.97 Å². The van der Waals surface area contributed by atoms with E-state index in [1.807, 2.05) is 0 Å². The molecule has 1 aromatic rings. The van der Waals surface area contributed by atoms with Crippen molar-refractivity contribution >= 4 is 0 Å². The minimum absolute atomic E-state index is 0.272. The standard InChI is InChI=1S/C7H8F3N3/c8-7(9,10)6-12-4-2-5(13-6)1-3-11/h2,4H,1,3,11H2. The third-order valence-corrected chi connectivity index (χ3v) is 1.37. The molecule has 2 N–H and O–H groups in total. The number of hydrogen-bond donors (Lipinski definition) is 1. The molecule has 0 fully saturated rings. The lowest BCUT2D eigenvalue weighted by molar-refractivity contribution is -0.145. The quantitative estimate of drug-likeness (QED) is 0.758. The molecular weight excluding hydrogens is 183 g/mol. The van der Waals surface area contributed by atoms with Gasteiger partial charge in [0.05, 0.1) is 0 Å². The molecule has 1 rings (SSSR count). The third-order valence-electron chi connectivity index (χ3n) is 1.37. The van der Waals surface area contributed by atoms with Crippen LogP contribution in [-0.4, -0.2) is 16.5 Å². The fourth-order valence-electron chi connectivity index (χ4n) is 0.820. The van der Waals surface area contributed by atoms with Crippen molar-refractivity contribution in [1.29, 1.82) is 0 Å². The van der Waals surface area contributed by atoms with Crippen molar-refractivity contribution in [2.24, 2.45) is 5.73 Å². The van der Waals surface area contributed by atoms with Crippen molar-refractivity contribution in [3.05, 3.63) is 23.8 Å². The molecule has 0 saturated heterocycles. The smallest absolute Gasteiger partial charge is 0.330 e. The molecule has 0 atom stereocenters. The van der Waals surface area contributed by atoms with Gasteiger partial charge in [0.25, 0.3) is 0 Å². The fraction of sp³-hybridized carbons (Fsp3) is 0.429. The number of hydrogen-bond acceptors (Lipinski definition) is 3. The Labute approximate surface area is 72.8 Å². The maximum Gasteiger partial charge on any atom is 0.451 e. The average Bonchev–Trinajstić information content (AvgIpc) is 2.04. The summed E-state index contributed by atoms with van der Waals surface area (Å²) in [6.07, 6.45) is -3.07. The van der Waals surface area contributed by atoms with Crippen molar-refractivity contribution in [2.75, 3.05) is 6.54 Å². The Balaban J connectivity index is 2.92. The molecule has 0 amide bonds. The molecule has 6 heteroatoms. The predicted molar refractivity (Wildman–Crippen MR) is 39.8 cm³/mol. The lowest BCUT2D eigenvalue weighted by Gasteiger charge is -2.05. The lowest BCUT2D eigenvalue weighted by Crippen LogP contribution is -2.13. The first kappa shape index (κ1) is 9.91. The Morgan fingerprint density at radius 1 is 1.38 bits per heavy atom. The first-order valence-corrected chi connectivity index (χ1v) is 3.63. The van der Waals surface area contributed by atoms with Crippen LogP contribution in [0.15, 0.2) is 12.3 Å². The van der Waals surface area contributed by atoms with Crippen LogP contribution >= 0.6 is 0 Å². The Kier molecular flexibility index (Phi) is 2.82. The summed E-state index contributed by atoms with van der Waals surface area (Å²) in [6.45, 7) is 0.272. The van der Waals surface area contributed by atoms with Gasteiger partial charge in [0, 0.05) is 18.3 Å². The molecule has 1 aromatic heterocycles. The Morgan fingerprint density at radius 2 is 2.08 bits per heavy atom. The van der Waals surface area contributed by atoms with Crippen LogP contribution < -0.4 is 5.73 Å². The van der Waals surface area contributed by atoms with E-state index in [4.69, 9.17) is 5.73 Å². The van der Waals surface area contributed by atoms with Crippen molar-refractivity contribution in [3.8, 4) is 0 Å². The minimum Gasteiger partial charge on any atom is -0.330 e. The van der Waals surface area contributed by atoms with E-state index in [1.165, 1.54) is 6.07 Å². The monoisotopic (exact) mass is 191 g/mol. The molecule has 1 heterocycles. The van der Waals surface area contributed by atoms with E-state index < -0.39 is 12.0 Å². The average molecular weight is 191 g/mol. The Bertz CT molecular complexity index is 285. The summed E-state index contributed by atoms with van der Waals surface area (Å²) < 4.78 is 36.2. The van der Waals surface area contributed by atoms with Crippen LogP contribution in [0.3, 0.4) is 0 Å². The highest BCUT2D eigenvalue weighted by atomic mass is 19.4. The topological polar surface area (TPSA) is 51.8 Å². The summed E-state index contributed by atoms with van der Waals surface area (Å²) >= 11 is 0. The second-order valence-corrected chi connectivity index (χ2v) is 2.41. The molecule has 0 spiro atoms. The normalized spacial score (nSPS) is 11.7. The third kappa shape index (κ3) is 2.66. The van der Waals surface area contributed by atoms with Crippen LogP contribution in [0.2, 0.25) is 0 Å². The molecular formula is C7H8F3N3. The van der Waals surface area contributed by atoms with Gasteiger partial charge in [-0.2, -0.15) is 13.2 Å². The van der Waals surface area contributed by atoms with Gasteiger partial charge < -0.3 is 5.73 Å². The molecule has 13 heavy (non-hydrogen) atoms. The zero-order valence-corrected chi connectivity index (χ0v) is 6.67. The van der Waals surface area contributed by atoms with E-state index in [9.17, 15) is 13.2 Å². The van der Waals surface area contributed by atoms with Gasteiger partial charge in [-0.05, 0) is 12.6 Å². The van der Waals surface area contributed by atoms with E-state index in [-0.39, 0.29) is 6.54 Å². The van der Waals surface area contributed by atoms with E-state index >= 15 is 0 Å². The van der Waals surface area contributed by atoms with Crippen molar-refractivity contribution < 1.29 is 13.2 Å². The van der Waals surface area contributed by atoms with Crippen molar-refractivity contribution in [1.82, 2.24) is 9.97 Å². The number of nitrogens with two attached hydrogens (primary N) is 1.